The topological polar surface area (TPSA) is 53.5 Å². The van der Waals surface area contributed by atoms with Gasteiger partial charge in [-0.2, -0.15) is 4.98 Å². The molecule has 4 rings (SSSR count). The molecule has 0 aromatic carbocycles. The van der Waals surface area contributed by atoms with Gasteiger partial charge in [0.25, 0.3) is 0 Å². The van der Waals surface area contributed by atoms with Crippen LogP contribution in [0, 0.1) is 6.92 Å². The predicted molar refractivity (Wildman–Crippen MR) is 95.3 cm³/mol. The second-order valence-electron chi connectivity index (χ2n) is 5.87. The van der Waals surface area contributed by atoms with E-state index in [0.717, 1.165) is 68.5 Å². The van der Waals surface area contributed by atoms with Gasteiger partial charge in [-0.3, -0.25) is 0 Å². The maximum Gasteiger partial charge on any atom is 0.225 e. The van der Waals surface area contributed by atoms with Gasteiger partial charge in [-0.1, -0.05) is 11.3 Å². The second kappa shape index (κ2) is 6.39. The summed E-state index contributed by atoms with van der Waals surface area (Å²) in [4.78, 5) is 14.7. The Labute approximate surface area is 144 Å². The first-order chi connectivity index (χ1) is 11.2. The molecule has 2 aliphatic heterocycles. The van der Waals surface area contributed by atoms with Crippen LogP contribution >= 0.6 is 22.9 Å². The van der Waals surface area contributed by atoms with E-state index in [2.05, 4.69) is 32.0 Å². The van der Waals surface area contributed by atoms with Crippen LogP contribution in [0.4, 0.5) is 10.8 Å². The monoisotopic (exact) mass is 353 g/mol. The Morgan fingerprint density at radius 3 is 2.57 bits per heavy atom. The summed E-state index contributed by atoms with van der Waals surface area (Å²) in [5.41, 5.74) is 1.27. The minimum Gasteiger partial charge on any atom is -0.378 e. The van der Waals surface area contributed by atoms with E-state index in [9.17, 15) is 0 Å². The fraction of sp³-hybridized carbons (Fsp3) is 0.600. The largest absolute Gasteiger partial charge is 0.378 e. The first-order valence-electron chi connectivity index (χ1n) is 7.99. The number of thiophene rings is 1. The van der Waals surface area contributed by atoms with Crippen LogP contribution in [0.1, 0.15) is 5.56 Å². The molecule has 6 nitrogen and oxygen atoms in total. The van der Waals surface area contributed by atoms with Crippen molar-refractivity contribution >= 4 is 44.0 Å². The molecule has 0 radical (unpaired) electrons. The Hall–Kier alpha value is -1.15. The lowest BCUT2D eigenvalue weighted by Crippen LogP contribution is -2.43. The van der Waals surface area contributed by atoms with Crippen molar-refractivity contribution in [2.75, 3.05) is 62.3 Å². The van der Waals surface area contributed by atoms with E-state index in [1.54, 1.807) is 11.3 Å². The van der Waals surface area contributed by atoms with E-state index in [-0.39, 0.29) is 0 Å². The van der Waals surface area contributed by atoms with Gasteiger partial charge in [0, 0.05) is 39.3 Å². The number of rotatable bonds is 2. The Bertz CT molecular complexity index is 709. The van der Waals surface area contributed by atoms with E-state index in [0.29, 0.717) is 5.28 Å². The van der Waals surface area contributed by atoms with Crippen molar-refractivity contribution < 1.29 is 4.74 Å². The molecule has 2 aromatic rings. The van der Waals surface area contributed by atoms with Gasteiger partial charge in [-0.25, -0.2) is 4.98 Å². The number of anilines is 2. The SMILES string of the molecule is Cc1c(N2CCNCC2)sc2nc(Cl)nc(N3CCOCC3)c12. The van der Waals surface area contributed by atoms with E-state index < -0.39 is 0 Å². The molecule has 0 spiro atoms. The Morgan fingerprint density at radius 1 is 1.09 bits per heavy atom. The highest BCUT2D eigenvalue weighted by Crippen LogP contribution is 2.41. The zero-order valence-corrected chi connectivity index (χ0v) is 14.7. The molecule has 1 N–H and O–H groups in total. The summed E-state index contributed by atoms with van der Waals surface area (Å²) >= 11 is 7.92. The fourth-order valence-electron chi connectivity index (χ4n) is 3.25. The van der Waals surface area contributed by atoms with E-state index in [1.165, 1.54) is 10.6 Å². The molecule has 2 fully saturated rings. The number of ether oxygens (including phenoxy) is 1. The smallest absolute Gasteiger partial charge is 0.225 e. The maximum absolute atomic E-state index is 6.19. The summed E-state index contributed by atoms with van der Waals surface area (Å²) in [5, 5.41) is 6.17. The average molecular weight is 354 g/mol. The number of hydrogen-bond donors (Lipinski definition) is 1. The van der Waals surface area contributed by atoms with Gasteiger partial charge in [0.05, 0.1) is 23.6 Å². The summed E-state index contributed by atoms with van der Waals surface area (Å²) in [6.07, 6.45) is 0. The van der Waals surface area contributed by atoms with Crippen LogP contribution in [0.15, 0.2) is 0 Å². The quantitative estimate of drug-likeness (QED) is 0.832. The van der Waals surface area contributed by atoms with E-state index in [4.69, 9.17) is 16.3 Å². The first kappa shape index (κ1) is 15.4. The number of hydrogen-bond acceptors (Lipinski definition) is 7. The summed E-state index contributed by atoms with van der Waals surface area (Å²) in [7, 11) is 0. The van der Waals surface area contributed by atoms with Gasteiger partial charge in [0.15, 0.2) is 0 Å². The van der Waals surface area contributed by atoms with Gasteiger partial charge in [-0.05, 0) is 24.1 Å². The Kier molecular flexibility index (Phi) is 4.27. The number of piperazine rings is 1. The van der Waals surface area contributed by atoms with Crippen molar-refractivity contribution in [3.05, 3.63) is 10.8 Å². The highest BCUT2D eigenvalue weighted by molar-refractivity contribution is 7.22. The lowest BCUT2D eigenvalue weighted by Gasteiger charge is -2.29. The molecule has 0 atom stereocenters. The van der Waals surface area contributed by atoms with Crippen molar-refractivity contribution in [1.29, 1.82) is 0 Å². The van der Waals surface area contributed by atoms with E-state index >= 15 is 0 Å². The molecule has 0 aliphatic carbocycles. The van der Waals surface area contributed by atoms with Crippen molar-refractivity contribution in [3.8, 4) is 0 Å². The van der Waals surface area contributed by atoms with Crippen LogP contribution in [0.3, 0.4) is 0 Å². The van der Waals surface area contributed by atoms with Gasteiger partial charge >= 0.3 is 0 Å². The van der Waals surface area contributed by atoms with Crippen molar-refractivity contribution in [2.45, 2.75) is 6.92 Å². The van der Waals surface area contributed by atoms with Gasteiger partial charge in [-0.15, -0.1) is 0 Å². The summed E-state index contributed by atoms with van der Waals surface area (Å²) in [6, 6.07) is 0. The van der Waals surface area contributed by atoms with Crippen molar-refractivity contribution in [1.82, 2.24) is 15.3 Å². The van der Waals surface area contributed by atoms with Crippen LogP contribution in [-0.4, -0.2) is 62.5 Å². The maximum atomic E-state index is 6.19. The molecule has 8 heteroatoms. The molecule has 0 bridgehead atoms. The Morgan fingerprint density at radius 2 is 1.83 bits per heavy atom. The second-order valence-corrected chi connectivity index (χ2v) is 7.18. The molecule has 2 aliphatic rings. The standard InChI is InChI=1S/C15H20ClN5OS/c1-10-11-12(20-6-8-22-9-7-20)18-15(16)19-13(11)23-14(10)21-4-2-17-3-5-21/h17H,2-9H2,1H3. The average Bonchev–Trinajstić information content (AvgIpc) is 2.92. The lowest BCUT2D eigenvalue weighted by molar-refractivity contribution is 0.122. The molecule has 23 heavy (non-hydrogen) atoms. The van der Waals surface area contributed by atoms with Crippen LogP contribution in [-0.2, 0) is 4.74 Å². The van der Waals surface area contributed by atoms with Gasteiger partial charge in [0.2, 0.25) is 5.28 Å². The molecular weight excluding hydrogens is 334 g/mol. The van der Waals surface area contributed by atoms with E-state index in [1.807, 2.05) is 0 Å². The van der Waals surface area contributed by atoms with Crippen LogP contribution in [0.2, 0.25) is 5.28 Å². The minimum absolute atomic E-state index is 0.326. The third-order valence-electron chi connectivity index (χ3n) is 4.43. The fourth-order valence-corrected chi connectivity index (χ4v) is 4.70. The number of morpholine rings is 1. The molecule has 2 aromatic heterocycles. The minimum atomic E-state index is 0.326. The highest BCUT2D eigenvalue weighted by atomic mass is 35.5. The third-order valence-corrected chi connectivity index (χ3v) is 5.85. The zero-order valence-electron chi connectivity index (χ0n) is 13.1. The zero-order chi connectivity index (χ0) is 15.8. The Balaban J connectivity index is 1.81. The number of halogens is 1. The number of aromatic nitrogens is 2. The van der Waals surface area contributed by atoms with Crippen molar-refractivity contribution in [3.63, 3.8) is 0 Å². The molecule has 2 saturated heterocycles. The summed E-state index contributed by atoms with van der Waals surface area (Å²) in [5.74, 6) is 0.957. The van der Waals surface area contributed by atoms with Gasteiger partial charge in [0.1, 0.15) is 10.6 Å². The van der Waals surface area contributed by atoms with Crippen LogP contribution < -0.4 is 15.1 Å². The summed E-state index contributed by atoms with van der Waals surface area (Å²) in [6.45, 7) is 9.45. The number of nitrogens with one attached hydrogen (secondary N) is 1. The number of fused-ring (bicyclic) bond motifs is 1. The highest BCUT2D eigenvalue weighted by Gasteiger charge is 2.24. The van der Waals surface area contributed by atoms with Crippen LogP contribution in [0.5, 0.6) is 0 Å². The summed E-state index contributed by atoms with van der Waals surface area (Å²) < 4.78 is 5.46. The number of aryl methyl sites for hydroxylation is 1. The lowest BCUT2D eigenvalue weighted by atomic mass is 10.2. The molecular formula is C15H20ClN5OS. The molecule has 0 unspecified atom stereocenters. The molecule has 0 saturated carbocycles. The molecule has 4 heterocycles. The third kappa shape index (κ3) is 2.87. The molecule has 0 amide bonds. The molecule has 124 valence electrons. The van der Waals surface area contributed by atoms with Gasteiger partial charge < -0.3 is 19.9 Å². The van der Waals surface area contributed by atoms with Crippen molar-refractivity contribution in [2.24, 2.45) is 0 Å². The normalized spacial score (nSPS) is 19.6. The predicted octanol–water partition coefficient (Wildman–Crippen LogP) is 1.90. The van der Waals surface area contributed by atoms with Crippen LogP contribution in [0.25, 0.3) is 10.2 Å². The first-order valence-corrected chi connectivity index (χ1v) is 9.18. The number of nitrogens with zero attached hydrogens (tertiary/aromatic N) is 4.